The lowest BCUT2D eigenvalue weighted by molar-refractivity contribution is 0.0770. The van der Waals surface area contributed by atoms with Crippen molar-refractivity contribution in [1.29, 1.82) is 0 Å². The van der Waals surface area contributed by atoms with Crippen LogP contribution in [0.5, 0.6) is 0 Å². The second kappa shape index (κ2) is 7.58. The number of hydrogen-bond donors (Lipinski definition) is 1. The number of pyridine rings is 1. The van der Waals surface area contributed by atoms with Crippen LogP contribution in [-0.4, -0.2) is 34.4 Å². The van der Waals surface area contributed by atoms with Gasteiger partial charge in [-0.2, -0.15) is 0 Å². The van der Waals surface area contributed by atoms with Gasteiger partial charge in [0.05, 0.1) is 0 Å². The van der Waals surface area contributed by atoms with E-state index in [1.165, 1.54) is 18.4 Å². The van der Waals surface area contributed by atoms with Gasteiger partial charge in [-0.25, -0.2) is 0 Å². The van der Waals surface area contributed by atoms with Crippen LogP contribution >= 0.6 is 0 Å². The Morgan fingerprint density at radius 2 is 1.88 bits per heavy atom. The van der Waals surface area contributed by atoms with Crippen LogP contribution in [0, 0.1) is 5.92 Å². The molecule has 136 valence electrons. The van der Waals surface area contributed by atoms with E-state index in [2.05, 4.69) is 21.3 Å². The highest BCUT2D eigenvalue weighted by atomic mass is 16.1. The summed E-state index contributed by atoms with van der Waals surface area (Å²) in [5.74, 6) is 0.878. The van der Waals surface area contributed by atoms with Gasteiger partial charge in [0.1, 0.15) is 0 Å². The third-order valence-electron chi connectivity index (χ3n) is 5.73. The maximum absolute atomic E-state index is 12.8. The lowest BCUT2D eigenvalue weighted by Gasteiger charge is -2.43. The fourth-order valence-electron chi connectivity index (χ4n) is 4.05. The van der Waals surface area contributed by atoms with Crippen molar-refractivity contribution in [3.63, 3.8) is 0 Å². The van der Waals surface area contributed by atoms with Crippen LogP contribution < -0.4 is 5.32 Å². The minimum atomic E-state index is -0.0421. The van der Waals surface area contributed by atoms with E-state index in [9.17, 15) is 4.79 Å². The number of nitrogens with one attached hydrogen (secondary N) is 1. The first-order chi connectivity index (χ1) is 12.7. The van der Waals surface area contributed by atoms with Crippen LogP contribution in [0.15, 0.2) is 54.9 Å². The molecule has 2 aromatic rings. The molecule has 0 bridgehead atoms. The zero-order valence-corrected chi connectivity index (χ0v) is 15.2. The van der Waals surface area contributed by atoms with Crippen LogP contribution in [0.2, 0.25) is 0 Å². The zero-order chi connectivity index (χ0) is 17.8. The molecule has 1 saturated heterocycles. The first-order valence-electron chi connectivity index (χ1n) is 9.71. The molecule has 0 unspecified atom stereocenters. The molecule has 1 aliphatic heterocycles. The van der Waals surface area contributed by atoms with E-state index in [4.69, 9.17) is 0 Å². The molecule has 26 heavy (non-hydrogen) atoms. The second-order valence-corrected chi connectivity index (χ2v) is 7.89. The normalized spacial score (nSPS) is 19.8. The molecule has 1 amide bonds. The average Bonchev–Trinajstić information content (AvgIpc) is 3.49. The van der Waals surface area contributed by atoms with E-state index in [-0.39, 0.29) is 11.4 Å². The highest BCUT2D eigenvalue weighted by Gasteiger charge is 2.40. The summed E-state index contributed by atoms with van der Waals surface area (Å²) in [5.41, 5.74) is 1.98. The smallest absolute Gasteiger partial charge is 0.251 e. The predicted molar refractivity (Wildman–Crippen MR) is 103 cm³/mol. The summed E-state index contributed by atoms with van der Waals surface area (Å²) in [5, 5.41) is 3.43. The monoisotopic (exact) mass is 349 g/mol. The average molecular weight is 349 g/mol. The quantitative estimate of drug-likeness (QED) is 0.866. The number of piperidine rings is 1. The number of rotatable bonds is 6. The molecule has 0 spiro atoms. The Hall–Kier alpha value is -2.20. The van der Waals surface area contributed by atoms with Gasteiger partial charge in [0, 0.05) is 43.1 Å². The van der Waals surface area contributed by atoms with Gasteiger partial charge in [0.15, 0.2) is 0 Å². The third-order valence-corrected chi connectivity index (χ3v) is 5.73. The Kier molecular flexibility index (Phi) is 5.02. The van der Waals surface area contributed by atoms with Crippen molar-refractivity contribution in [3.8, 4) is 0 Å². The highest BCUT2D eigenvalue weighted by Crippen LogP contribution is 2.40. The van der Waals surface area contributed by atoms with Gasteiger partial charge in [0.25, 0.3) is 5.91 Å². The Morgan fingerprint density at radius 1 is 1.12 bits per heavy atom. The van der Waals surface area contributed by atoms with Crippen molar-refractivity contribution in [2.24, 2.45) is 5.92 Å². The fourth-order valence-corrected chi connectivity index (χ4v) is 4.05. The Bertz CT molecular complexity index is 720. The van der Waals surface area contributed by atoms with Crippen molar-refractivity contribution in [3.05, 3.63) is 66.0 Å². The van der Waals surface area contributed by atoms with E-state index in [1.807, 2.05) is 48.8 Å². The Labute approximate surface area is 155 Å². The van der Waals surface area contributed by atoms with Gasteiger partial charge in [-0.05, 0) is 48.9 Å². The predicted octanol–water partition coefficient (Wildman–Crippen LogP) is 3.65. The molecule has 4 nitrogen and oxygen atoms in total. The molecule has 2 fully saturated rings. The van der Waals surface area contributed by atoms with Crippen LogP contribution in [-0.2, 0) is 6.54 Å². The minimum absolute atomic E-state index is 0.0421. The summed E-state index contributed by atoms with van der Waals surface area (Å²) in [4.78, 5) is 19.5. The largest absolute Gasteiger partial charge is 0.346 e. The molecule has 0 atom stereocenters. The van der Waals surface area contributed by atoms with E-state index in [0.29, 0.717) is 0 Å². The summed E-state index contributed by atoms with van der Waals surface area (Å²) in [6.45, 7) is 2.99. The lowest BCUT2D eigenvalue weighted by Crippen LogP contribution is -2.55. The molecule has 4 heteroatoms. The molecule has 2 heterocycles. The van der Waals surface area contributed by atoms with Gasteiger partial charge >= 0.3 is 0 Å². The van der Waals surface area contributed by atoms with Crippen LogP contribution in [0.1, 0.15) is 48.0 Å². The SMILES string of the molecule is O=C(NC1(CC2CC2)CCN(Cc2cccnc2)CC1)c1ccccc1. The van der Waals surface area contributed by atoms with E-state index in [1.54, 1.807) is 0 Å². The maximum atomic E-state index is 12.8. The summed E-state index contributed by atoms with van der Waals surface area (Å²) < 4.78 is 0. The van der Waals surface area contributed by atoms with Crippen molar-refractivity contribution < 1.29 is 4.79 Å². The number of hydrogen-bond acceptors (Lipinski definition) is 3. The number of benzene rings is 1. The Morgan fingerprint density at radius 3 is 2.54 bits per heavy atom. The molecule has 1 saturated carbocycles. The first-order valence-corrected chi connectivity index (χ1v) is 9.71. The number of amides is 1. The topological polar surface area (TPSA) is 45.2 Å². The van der Waals surface area contributed by atoms with Crippen LogP contribution in [0.3, 0.4) is 0 Å². The molecule has 2 aliphatic rings. The molecule has 1 aliphatic carbocycles. The number of likely N-dealkylation sites (tertiary alicyclic amines) is 1. The molecular weight excluding hydrogens is 322 g/mol. The molecule has 4 rings (SSSR count). The number of aromatic nitrogens is 1. The molecule has 0 radical (unpaired) electrons. The molecule has 1 N–H and O–H groups in total. The van der Waals surface area contributed by atoms with Gasteiger partial charge in [-0.3, -0.25) is 14.7 Å². The summed E-state index contributed by atoms with van der Waals surface area (Å²) in [6, 6.07) is 13.7. The number of carbonyl (C=O) groups is 1. The fraction of sp³-hybridized carbons (Fsp3) is 0.455. The third kappa shape index (κ3) is 4.31. The summed E-state index contributed by atoms with van der Waals surface area (Å²) in [7, 11) is 0. The van der Waals surface area contributed by atoms with Crippen molar-refractivity contribution in [1.82, 2.24) is 15.2 Å². The van der Waals surface area contributed by atoms with E-state index < -0.39 is 0 Å². The molecule has 1 aromatic heterocycles. The Balaban J connectivity index is 1.40. The van der Waals surface area contributed by atoms with Gasteiger partial charge in [0.2, 0.25) is 0 Å². The summed E-state index contributed by atoms with van der Waals surface area (Å²) in [6.07, 6.45) is 9.60. The van der Waals surface area contributed by atoms with E-state index in [0.717, 1.165) is 50.4 Å². The van der Waals surface area contributed by atoms with Gasteiger partial charge < -0.3 is 5.32 Å². The summed E-state index contributed by atoms with van der Waals surface area (Å²) >= 11 is 0. The second-order valence-electron chi connectivity index (χ2n) is 7.89. The first kappa shape index (κ1) is 17.2. The minimum Gasteiger partial charge on any atom is -0.346 e. The van der Waals surface area contributed by atoms with Crippen LogP contribution in [0.4, 0.5) is 0 Å². The molecular formula is C22H27N3O. The van der Waals surface area contributed by atoms with E-state index >= 15 is 0 Å². The van der Waals surface area contributed by atoms with Crippen molar-refractivity contribution in [2.75, 3.05) is 13.1 Å². The highest BCUT2D eigenvalue weighted by molar-refractivity contribution is 5.94. The number of nitrogens with zero attached hydrogens (tertiary/aromatic N) is 2. The van der Waals surface area contributed by atoms with Crippen molar-refractivity contribution >= 4 is 5.91 Å². The number of carbonyl (C=O) groups excluding carboxylic acids is 1. The molecule has 1 aromatic carbocycles. The zero-order valence-electron chi connectivity index (χ0n) is 15.2. The van der Waals surface area contributed by atoms with Crippen LogP contribution in [0.25, 0.3) is 0 Å². The van der Waals surface area contributed by atoms with Crippen molar-refractivity contribution in [2.45, 2.75) is 44.2 Å². The standard InChI is InChI=1S/C22H27N3O/c26-21(20-6-2-1-3-7-20)24-22(15-18-8-9-18)10-13-25(14-11-22)17-19-5-4-12-23-16-19/h1-7,12,16,18H,8-11,13-15,17H2,(H,24,26). The van der Waals surface area contributed by atoms with Gasteiger partial charge in [-0.1, -0.05) is 37.1 Å². The lowest BCUT2D eigenvalue weighted by atomic mass is 9.82. The van der Waals surface area contributed by atoms with Gasteiger partial charge in [-0.15, -0.1) is 0 Å². The maximum Gasteiger partial charge on any atom is 0.251 e.